The SMILES string of the molecule is CC1CCCN(C(=O)C(C)(C)C(=O)N2CCOCC2)C1. The van der Waals surface area contributed by atoms with Crippen LogP contribution < -0.4 is 0 Å². The molecule has 2 heterocycles. The number of hydrogen-bond acceptors (Lipinski definition) is 3. The summed E-state index contributed by atoms with van der Waals surface area (Å²) in [6.07, 6.45) is 2.20. The highest BCUT2D eigenvalue weighted by Gasteiger charge is 2.42. The molecule has 114 valence electrons. The molecule has 0 bridgehead atoms. The van der Waals surface area contributed by atoms with Gasteiger partial charge in [-0.2, -0.15) is 0 Å². The van der Waals surface area contributed by atoms with Crippen LogP contribution in [0.5, 0.6) is 0 Å². The molecule has 0 aliphatic carbocycles. The lowest BCUT2D eigenvalue weighted by Gasteiger charge is -2.38. The van der Waals surface area contributed by atoms with Crippen LogP contribution in [0.25, 0.3) is 0 Å². The van der Waals surface area contributed by atoms with E-state index in [9.17, 15) is 9.59 Å². The Morgan fingerprint density at radius 3 is 2.25 bits per heavy atom. The molecule has 0 aromatic rings. The van der Waals surface area contributed by atoms with E-state index < -0.39 is 5.41 Å². The van der Waals surface area contributed by atoms with Crippen LogP contribution in [0.2, 0.25) is 0 Å². The summed E-state index contributed by atoms with van der Waals surface area (Å²) in [6.45, 7) is 9.54. The van der Waals surface area contributed by atoms with Crippen LogP contribution in [0.1, 0.15) is 33.6 Å². The molecular formula is C15H26N2O3. The van der Waals surface area contributed by atoms with Crippen molar-refractivity contribution in [2.45, 2.75) is 33.6 Å². The van der Waals surface area contributed by atoms with Gasteiger partial charge in [0.05, 0.1) is 13.2 Å². The van der Waals surface area contributed by atoms with E-state index in [2.05, 4.69) is 6.92 Å². The molecular weight excluding hydrogens is 256 g/mol. The van der Waals surface area contributed by atoms with E-state index in [0.717, 1.165) is 19.5 Å². The molecule has 2 aliphatic rings. The Balaban J connectivity index is 2.03. The van der Waals surface area contributed by atoms with Gasteiger partial charge in [0.2, 0.25) is 11.8 Å². The normalized spacial score (nSPS) is 24.6. The summed E-state index contributed by atoms with van der Waals surface area (Å²) in [5, 5.41) is 0. The predicted molar refractivity (Wildman–Crippen MR) is 76.2 cm³/mol. The van der Waals surface area contributed by atoms with Crippen LogP contribution in [-0.2, 0) is 14.3 Å². The zero-order valence-electron chi connectivity index (χ0n) is 12.9. The monoisotopic (exact) mass is 282 g/mol. The topological polar surface area (TPSA) is 49.9 Å². The van der Waals surface area contributed by atoms with E-state index in [1.165, 1.54) is 6.42 Å². The van der Waals surface area contributed by atoms with E-state index in [4.69, 9.17) is 4.74 Å². The van der Waals surface area contributed by atoms with Gasteiger partial charge in [-0.25, -0.2) is 0 Å². The van der Waals surface area contributed by atoms with E-state index in [1.807, 2.05) is 4.90 Å². The number of ether oxygens (including phenoxy) is 1. The Hall–Kier alpha value is -1.10. The van der Waals surface area contributed by atoms with E-state index in [0.29, 0.717) is 32.2 Å². The molecule has 0 aromatic carbocycles. The molecule has 0 N–H and O–H groups in total. The fourth-order valence-electron chi connectivity index (χ4n) is 3.02. The first kappa shape index (κ1) is 15.3. The maximum atomic E-state index is 12.7. The molecule has 20 heavy (non-hydrogen) atoms. The van der Waals surface area contributed by atoms with Crippen LogP contribution >= 0.6 is 0 Å². The van der Waals surface area contributed by atoms with Gasteiger partial charge in [-0.05, 0) is 32.6 Å². The highest BCUT2D eigenvalue weighted by atomic mass is 16.5. The maximum absolute atomic E-state index is 12.7. The Kier molecular flexibility index (Phi) is 4.68. The van der Waals surface area contributed by atoms with Crippen LogP contribution in [0.3, 0.4) is 0 Å². The first-order valence-electron chi connectivity index (χ1n) is 7.59. The van der Waals surface area contributed by atoms with Gasteiger partial charge >= 0.3 is 0 Å². The Labute approximate surface area is 121 Å². The van der Waals surface area contributed by atoms with Crippen molar-refractivity contribution in [3.05, 3.63) is 0 Å². The van der Waals surface area contributed by atoms with Gasteiger partial charge in [-0.15, -0.1) is 0 Å². The van der Waals surface area contributed by atoms with Gasteiger partial charge in [-0.1, -0.05) is 6.92 Å². The molecule has 0 radical (unpaired) electrons. The Bertz CT molecular complexity index is 375. The molecule has 1 unspecified atom stereocenters. The molecule has 0 spiro atoms. The minimum absolute atomic E-state index is 0.0273. The smallest absolute Gasteiger partial charge is 0.237 e. The average Bonchev–Trinajstić information content (AvgIpc) is 2.46. The van der Waals surface area contributed by atoms with Crippen molar-refractivity contribution < 1.29 is 14.3 Å². The molecule has 5 nitrogen and oxygen atoms in total. The molecule has 0 aromatic heterocycles. The van der Waals surface area contributed by atoms with Gasteiger partial charge in [0, 0.05) is 26.2 Å². The number of likely N-dealkylation sites (tertiary alicyclic amines) is 1. The van der Waals surface area contributed by atoms with E-state index >= 15 is 0 Å². The van der Waals surface area contributed by atoms with Crippen LogP contribution in [-0.4, -0.2) is 61.0 Å². The largest absolute Gasteiger partial charge is 0.378 e. The highest BCUT2D eigenvalue weighted by molar-refractivity contribution is 6.04. The minimum Gasteiger partial charge on any atom is -0.378 e. The van der Waals surface area contributed by atoms with Gasteiger partial charge in [0.15, 0.2) is 0 Å². The fraction of sp³-hybridized carbons (Fsp3) is 0.867. The standard InChI is InChI=1S/C15H26N2O3/c1-12-5-4-6-17(11-12)14(19)15(2,3)13(18)16-7-9-20-10-8-16/h12H,4-11H2,1-3H3. The maximum Gasteiger partial charge on any atom is 0.237 e. The molecule has 5 heteroatoms. The lowest BCUT2D eigenvalue weighted by Crippen LogP contribution is -2.54. The summed E-state index contributed by atoms with van der Waals surface area (Å²) < 4.78 is 5.26. The van der Waals surface area contributed by atoms with E-state index in [-0.39, 0.29) is 11.8 Å². The second-order valence-corrected chi connectivity index (χ2v) is 6.53. The molecule has 1 atom stereocenters. The first-order valence-corrected chi connectivity index (χ1v) is 7.59. The zero-order chi connectivity index (χ0) is 14.8. The number of piperidine rings is 1. The first-order chi connectivity index (χ1) is 9.43. The van der Waals surface area contributed by atoms with Crippen molar-refractivity contribution in [1.82, 2.24) is 9.80 Å². The summed E-state index contributed by atoms with van der Waals surface area (Å²) in [5.41, 5.74) is -0.964. The second kappa shape index (κ2) is 6.12. The third-order valence-corrected chi connectivity index (χ3v) is 4.31. The number of rotatable bonds is 2. The minimum atomic E-state index is -0.964. The molecule has 2 amide bonds. The molecule has 0 saturated carbocycles. The number of carbonyl (C=O) groups excluding carboxylic acids is 2. The summed E-state index contributed by atoms with van der Waals surface area (Å²) >= 11 is 0. The summed E-state index contributed by atoms with van der Waals surface area (Å²) in [4.78, 5) is 28.9. The molecule has 2 aliphatic heterocycles. The Morgan fingerprint density at radius 2 is 1.65 bits per heavy atom. The molecule has 2 rings (SSSR count). The van der Waals surface area contributed by atoms with Crippen molar-refractivity contribution in [3.8, 4) is 0 Å². The Morgan fingerprint density at radius 1 is 1.05 bits per heavy atom. The molecule has 2 fully saturated rings. The number of amides is 2. The van der Waals surface area contributed by atoms with Crippen molar-refractivity contribution in [1.29, 1.82) is 0 Å². The zero-order valence-corrected chi connectivity index (χ0v) is 12.9. The quantitative estimate of drug-likeness (QED) is 0.713. The third-order valence-electron chi connectivity index (χ3n) is 4.31. The van der Waals surface area contributed by atoms with Crippen LogP contribution in [0.15, 0.2) is 0 Å². The van der Waals surface area contributed by atoms with Crippen LogP contribution in [0.4, 0.5) is 0 Å². The lowest BCUT2D eigenvalue weighted by atomic mass is 9.87. The lowest BCUT2D eigenvalue weighted by molar-refractivity contribution is -0.157. The van der Waals surface area contributed by atoms with Crippen molar-refractivity contribution in [2.75, 3.05) is 39.4 Å². The number of nitrogens with zero attached hydrogens (tertiary/aromatic N) is 2. The van der Waals surface area contributed by atoms with Crippen molar-refractivity contribution in [3.63, 3.8) is 0 Å². The van der Waals surface area contributed by atoms with Gasteiger partial charge in [0.1, 0.15) is 5.41 Å². The highest BCUT2D eigenvalue weighted by Crippen LogP contribution is 2.26. The van der Waals surface area contributed by atoms with Crippen molar-refractivity contribution in [2.24, 2.45) is 11.3 Å². The molecule has 2 saturated heterocycles. The second-order valence-electron chi connectivity index (χ2n) is 6.53. The van der Waals surface area contributed by atoms with Crippen molar-refractivity contribution >= 4 is 11.8 Å². The summed E-state index contributed by atoms with van der Waals surface area (Å²) in [5.74, 6) is 0.437. The van der Waals surface area contributed by atoms with Gasteiger partial charge < -0.3 is 14.5 Å². The van der Waals surface area contributed by atoms with Gasteiger partial charge in [-0.3, -0.25) is 9.59 Å². The summed E-state index contributed by atoms with van der Waals surface area (Å²) in [6, 6.07) is 0. The number of hydrogen-bond donors (Lipinski definition) is 0. The fourth-order valence-corrected chi connectivity index (χ4v) is 3.02. The van der Waals surface area contributed by atoms with E-state index in [1.54, 1.807) is 18.7 Å². The van der Waals surface area contributed by atoms with Crippen LogP contribution in [0, 0.1) is 11.3 Å². The predicted octanol–water partition coefficient (Wildman–Crippen LogP) is 1.13. The average molecular weight is 282 g/mol. The third kappa shape index (κ3) is 3.14. The summed E-state index contributed by atoms with van der Waals surface area (Å²) in [7, 11) is 0. The number of carbonyl (C=O) groups is 2. The van der Waals surface area contributed by atoms with Gasteiger partial charge in [0.25, 0.3) is 0 Å². The number of morpholine rings is 1.